The summed E-state index contributed by atoms with van der Waals surface area (Å²) < 4.78 is 6.09. The molecule has 0 atom stereocenters. The molecular formula is C19H20ClN3O. The summed E-state index contributed by atoms with van der Waals surface area (Å²) >= 11 is 5.98. The van der Waals surface area contributed by atoms with Crippen LogP contribution in [0.15, 0.2) is 30.5 Å². The molecule has 1 heterocycles. The van der Waals surface area contributed by atoms with Gasteiger partial charge in [-0.2, -0.15) is 5.26 Å². The van der Waals surface area contributed by atoms with Gasteiger partial charge in [0.2, 0.25) is 0 Å². The number of benzene rings is 1. The molecule has 1 fully saturated rings. The Balaban J connectivity index is 1.76. The van der Waals surface area contributed by atoms with E-state index in [0.717, 1.165) is 29.8 Å². The number of halogens is 1. The lowest BCUT2D eigenvalue weighted by atomic mass is 9.98. The van der Waals surface area contributed by atoms with Crippen LogP contribution >= 0.6 is 11.6 Å². The predicted molar refractivity (Wildman–Crippen MR) is 95.9 cm³/mol. The highest BCUT2D eigenvalue weighted by atomic mass is 35.5. The number of nitrogens with zero attached hydrogens (tertiary/aromatic N) is 2. The second-order valence-electron chi connectivity index (χ2n) is 6.12. The fourth-order valence-corrected chi connectivity index (χ4v) is 3.22. The SMILES string of the molecule is Cc1cc(OC2CCCCC2)ccc1Nc1ccnc(Cl)c1C#N. The van der Waals surface area contributed by atoms with Crippen LogP contribution in [-0.4, -0.2) is 11.1 Å². The van der Waals surface area contributed by atoms with E-state index >= 15 is 0 Å². The van der Waals surface area contributed by atoms with Gasteiger partial charge in [-0.1, -0.05) is 18.0 Å². The van der Waals surface area contributed by atoms with Gasteiger partial charge in [0.15, 0.2) is 0 Å². The van der Waals surface area contributed by atoms with Crippen LogP contribution in [0.25, 0.3) is 0 Å². The third kappa shape index (κ3) is 3.80. The molecule has 2 aromatic rings. The lowest BCUT2D eigenvalue weighted by Gasteiger charge is -2.23. The van der Waals surface area contributed by atoms with Crippen molar-refractivity contribution >= 4 is 23.0 Å². The van der Waals surface area contributed by atoms with Crippen LogP contribution in [0.3, 0.4) is 0 Å². The number of nitrogens with one attached hydrogen (secondary N) is 1. The van der Waals surface area contributed by atoms with E-state index in [4.69, 9.17) is 16.3 Å². The zero-order chi connectivity index (χ0) is 16.9. The minimum absolute atomic E-state index is 0.206. The molecule has 1 aliphatic carbocycles. The fourth-order valence-electron chi connectivity index (χ4n) is 3.02. The van der Waals surface area contributed by atoms with Crippen LogP contribution in [0.1, 0.15) is 43.2 Å². The maximum Gasteiger partial charge on any atom is 0.148 e. The Kier molecular flexibility index (Phi) is 5.22. The lowest BCUT2D eigenvalue weighted by molar-refractivity contribution is 0.155. The van der Waals surface area contributed by atoms with Gasteiger partial charge in [0.25, 0.3) is 0 Å². The quantitative estimate of drug-likeness (QED) is 0.759. The van der Waals surface area contributed by atoms with E-state index in [-0.39, 0.29) is 5.15 Å². The summed E-state index contributed by atoms with van der Waals surface area (Å²) in [5.41, 5.74) is 2.98. The molecule has 5 heteroatoms. The molecule has 4 nitrogen and oxygen atoms in total. The average Bonchev–Trinajstić information content (AvgIpc) is 2.58. The zero-order valence-electron chi connectivity index (χ0n) is 13.7. The van der Waals surface area contributed by atoms with Crippen molar-refractivity contribution in [1.29, 1.82) is 5.26 Å². The topological polar surface area (TPSA) is 57.9 Å². The van der Waals surface area contributed by atoms with Crippen molar-refractivity contribution in [3.63, 3.8) is 0 Å². The second-order valence-corrected chi connectivity index (χ2v) is 6.47. The molecule has 1 aliphatic rings. The largest absolute Gasteiger partial charge is 0.490 e. The molecule has 0 radical (unpaired) electrons. The Morgan fingerprint density at radius 3 is 2.71 bits per heavy atom. The average molecular weight is 342 g/mol. The Bertz CT molecular complexity index is 764. The van der Waals surface area contributed by atoms with E-state index in [2.05, 4.69) is 16.4 Å². The Hall–Kier alpha value is -2.25. The molecule has 1 aromatic heterocycles. The predicted octanol–water partition coefficient (Wildman–Crippen LogP) is 5.37. The van der Waals surface area contributed by atoms with Crippen molar-refractivity contribution in [1.82, 2.24) is 4.98 Å². The van der Waals surface area contributed by atoms with E-state index in [1.807, 2.05) is 25.1 Å². The number of hydrogen-bond donors (Lipinski definition) is 1. The molecular weight excluding hydrogens is 322 g/mol. The molecule has 0 bridgehead atoms. The highest BCUT2D eigenvalue weighted by Gasteiger charge is 2.15. The van der Waals surface area contributed by atoms with Crippen LogP contribution < -0.4 is 10.1 Å². The van der Waals surface area contributed by atoms with E-state index in [1.54, 1.807) is 12.3 Å². The molecule has 24 heavy (non-hydrogen) atoms. The summed E-state index contributed by atoms with van der Waals surface area (Å²) in [6, 6.07) is 9.81. The summed E-state index contributed by atoms with van der Waals surface area (Å²) in [7, 11) is 0. The summed E-state index contributed by atoms with van der Waals surface area (Å²) in [6.07, 6.45) is 8.02. The number of pyridine rings is 1. The summed E-state index contributed by atoms with van der Waals surface area (Å²) in [4.78, 5) is 3.94. The van der Waals surface area contributed by atoms with E-state index in [9.17, 15) is 5.26 Å². The number of hydrogen-bond acceptors (Lipinski definition) is 4. The first-order valence-electron chi connectivity index (χ1n) is 8.26. The molecule has 0 spiro atoms. The van der Waals surface area contributed by atoms with Gasteiger partial charge in [-0.15, -0.1) is 0 Å². The van der Waals surface area contributed by atoms with E-state index in [1.165, 1.54) is 19.3 Å². The van der Waals surface area contributed by atoms with Crippen molar-refractivity contribution in [3.05, 3.63) is 46.7 Å². The molecule has 1 N–H and O–H groups in total. The van der Waals surface area contributed by atoms with Crippen LogP contribution in [0.5, 0.6) is 5.75 Å². The van der Waals surface area contributed by atoms with Crippen molar-refractivity contribution in [2.75, 3.05) is 5.32 Å². The summed E-state index contributed by atoms with van der Waals surface area (Å²) in [6.45, 7) is 2.02. The third-order valence-corrected chi connectivity index (χ3v) is 4.63. The molecule has 124 valence electrons. The highest BCUT2D eigenvalue weighted by molar-refractivity contribution is 6.30. The minimum atomic E-state index is 0.206. The van der Waals surface area contributed by atoms with Gasteiger partial charge in [0.05, 0.1) is 11.8 Å². The zero-order valence-corrected chi connectivity index (χ0v) is 14.4. The standard InChI is InChI=1S/C19H20ClN3O/c1-13-11-15(24-14-5-3-2-4-6-14)7-8-17(13)23-18-9-10-22-19(20)16(18)12-21/h7-11,14H,2-6H2,1H3,(H,22,23). The molecule has 1 aromatic carbocycles. The van der Waals surface area contributed by atoms with Crippen LogP contribution in [0, 0.1) is 18.3 Å². The Morgan fingerprint density at radius 2 is 2.00 bits per heavy atom. The first-order chi connectivity index (χ1) is 11.7. The lowest BCUT2D eigenvalue weighted by Crippen LogP contribution is -2.19. The first-order valence-corrected chi connectivity index (χ1v) is 8.64. The van der Waals surface area contributed by atoms with E-state index < -0.39 is 0 Å². The number of nitriles is 1. The van der Waals surface area contributed by atoms with Gasteiger partial charge in [0.1, 0.15) is 22.5 Å². The van der Waals surface area contributed by atoms with Crippen molar-refractivity contribution in [3.8, 4) is 11.8 Å². The second kappa shape index (κ2) is 7.55. The molecule has 0 saturated heterocycles. The number of anilines is 2. The molecule has 0 amide bonds. The number of rotatable bonds is 4. The molecule has 0 unspecified atom stereocenters. The third-order valence-electron chi connectivity index (χ3n) is 4.34. The monoisotopic (exact) mass is 341 g/mol. The molecule has 1 saturated carbocycles. The number of ether oxygens (including phenoxy) is 1. The summed E-state index contributed by atoms with van der Waals surface area (Å²) in [5.74, 6) is 0.901. The van der Waals surface area contributed by atoms with Gasteiger partial charge < -0.3 is 10.1 Å². The van der Waals surface area contributed by atoms with Gasteiger partial charge >= 0.3 is 0 Å². The fraction of sp³-hybridized carbons (Fsp3) is 0.368. The van der Waals surface area contributed by atoms with Gasteiger partial charge in [-0.05, 0) is 62.4 Å². The molecule has 3 rings (SSSR count). The van der Waals surface area contributed by atoms with Crippen molar-refractivity contribution in [2.24, 2.45) is 0 Å². The van der Waals surface area contributed by atoms with Crippen molar-refractivity contribution in [2.45, 2.75) is 45.1 Å². The Morgan fingerprint density at radius 1 is 1.21 bits per heavy atom. The highest BCUT2D eigenvalue weighted by Crippen LogP contribution is 2.30. The van der Waals surface area contributed by atoms with E-state index in [0.29, 0.717) is 17.4 Å². The van der Waals surface area contributed by atoms with Crippen LogP contribution in [0.4, 0.5) is 11.4 Å². The van der Waals surface area contributed by atoms with Crippen LogP contribution in [0.2, 0.25) is 5.15 Å². The number of aryl methyl sites for hydroxylation is 1. The van der Waals surface area contributed by atoms with Gasteiger partial charge in [0, 0.05) is 11.9 Å². The smallest absolute Gasteiger partial charge is 0.148 e. The Labute approximate surface area is 147 Å². The molecule has 0 aliphatic heterocycles. The van der Waals surface area contributed by atoms with Crippen molar-refractivity contribution < 1.29 is 4.74 Å². The van der Waals surface area contributed by atoms with Gasteiger partial charge in [-0.25, -0.2) is 4.98 Å². The number of aromatic nitrogens is 1. The minimum Gasteiger partial charge on any atom is -0.490 e. The normalized spacial score (nSPS) is 14.9. The first kappa shape index (κ1) is 16.6. The maximum atomic E-state index is 9.24. The van der Waals surface area contributed by atoms with Gasteiger partial charge in [-0.3, -0.25) is 0 Å². The van der Waals surface area contributed by atoms with Crippen LogP contribution in [-0.2, 0) is 0 Å². The maximum absolute atomic E-state index is 9.24. The summed E-state index contributed by atoms with van der Waals surface area (Å²) in [5, 5.41) is 12.7.